The van der Waals surface area contributed by atoms with E-state index < -0.39 is 0 Å². The molecule has 0 saturated carbocycles. The van der Waals surface area contributed by atoms with Gasteiger partial charge in [0, 0.05) is 24.6 Å². The molecule has 0 aliphatic heterocycles. The van der Waals surface area contributed by atoms with Gasteiger partial charge >= 0.3 is 0 Å². The van der Waals surface area contributed by atoms with Gasteiger partial charge in [0.25, 0.3) is 5.89 Å². The predicted octanol–water partition coefficient (Wildman–Crippen LogP) is 1.95. The highest BCUT2D eigenvalue weighted by Gasteiger charge is 2.11. The topological polar surface area (TPSA) is 54.2 Å². The Kier molecular flexibility index (Phi) is 4.87. The Labute approximate surface area is 120 Å². The van der Waals surface area contributed by atoms with Crippen molar-refractivity contribution in [3.05, 3.63) is 35.7 Å². The van der Waals surface area contributed by atoms with Gasteiger partial charge < -0.3 is 14.7 Å². The smallest absolute Gasteiger partial charge is 0.257 e. The highest BCUT2D eigenvalue weighted by atomic mass is 16.5. The van der Waals surface area contributed by atoms with Crippen molar-refractivity contribution in [2.24, 2.45) is 0 Å². The fourth-order valence-corrected chi connectivity index (χ4v) is 2.00. The molecule has 1 unspecified atom stereocenters. The van der Waals surface area contributed by atoms with E-state index in [0.29, 0.717) is 11.9 Å². The molecule has 2 rings (SSSR count). The molecule has 20 heavy (non-hydrogen) atoms. The van der Waals surface area contributed by atoms with E-state index in [1.54, 1.807) is 0 Å². The molecule has 5 nitrogen and oxygen atoms in total. The van der Waals surface area contributed by atoms with Crippen LogP contribution in [0.2, 0.25) is 0 Å². The van der Waals surface area contributed by atoms with Crippen molar-refractivity contribution in [2.45, 2.75) is 25.9 Å². The van der Waals surface area contributed by atoms with E-state index in [4.69, 9.17) is 4.52 Å². The first-order chi connectivity index (χ1) is 9.58. The van der Waals surface area contributed by atoms with Gasteiger partial charge in [-0.2, -0.15) is 4.98 Å². The Morgan fingerprint density at radius 3 is 2.85 bits per heavy atom. The molecular formula is C15H22N4O. The van der Waals surface area contributed by atoms with E-state index >= 15 is 0 Å². The van der Waals surface area contributed by atoms with Gasteiger partial charge in [0.2, 0.25) is 0 Å². The molecule has 0 aliphatic rings. The van der Waals surface area contributed by atoms with Crippen LogP contribution >= 0.6 is 0 Å². The molecule has 108 valence electrons. The highest BCUT2D eigenvalue weighted by molar-refractivity contribution is 5.54. The van der Waals surface area contributed by atoms with Crippen molar-refractivity contribution in [2.75, 3.05) is 21.1 Å². The lowest BCUT2D eigenvalue weighted by molar-refractivity contribution is 0.402. The lowest BCUT2D eigenvalue weighted by Gasteiger charge is -2.09. The molecule has 0 saturated heterocycles. The van der Waals surface area contributed by atoms with Crippen LogP contribution in [0.4, 0.5) is 0 Å². The summed E-state index contributed by atoms with van der Waals surface area (Å²) in [5.74, 6) is 1.32. The lowest BCUT2D eigenvalue weighted by Crippen LogP contribution is -2.24. The maximum atomic E-state index is 5.35. The van der Waals surface area contributed by atoms with Gasteiger partial charge in [0.15, 0.2) is 5.82 Å². The van der Waals surface area contributed by atoms with Crippen molar-refractivity contribution in [1.82, 2.24) is 20.4 Å². The van der Waals surface area contributed by atoms with Gasteiger partial charge in [-0.15, -0.1) is 0 Å². The summed E-state index contributed by atoms with van der Waals surface area (Å²) in [6.45, 7) is 2.99. The van der Waals surface area contributed by atoms with E-state index in [-0.39, 0.29) is 0 Å². The van der Waals surface area contributed by atoms with Crippen molar-refractivity contribution in [3.8, 4) is 11.5 Å². The number of aromatic nitrogens is 2. The minimum atomic E-state index is 0.334. The van der Waals surface area contributed by atoms with Crippen LogP contribution in [0.15, 0.2) is 28.8 Å². The molecule has 0 fully saturated rings. The van der Waals surface area contributed by atoms with E-state index in [9.17, 15) is 0 Å². The average Bonchev–Trinajstić information content (AvgIpc) is 2.86. The van der Waals surface area contributed by atoms with Crippen LogP contribution in [-0.4, -0.2) is 42.2 Å². The van der Waals surface area contributed by atoms with Crippen LogP contribution in [0.25, 0.3) is 11.5 Å². The minimum Gasteiger partial charge on any atom is -0.334 e. The third kappa shape index (κ3) is 3.88. The van der Waals surface area contributed by atoms with E-state index in [2.05, 4.69) is 53.5 Å². The second-order valence-corrected chi connectivity index (χ2v) is 5.35. The van der Waals surface area contributed by atoms with Crippen LogP contribution in [0.1, 0.15) is 18.3 Å². The van der Waals surface area contributed by atoms with Crippen molar-refractivity contribution >= 4 is 0 Å². The Bertz CT molecular complexity index is 550. The third-order valence-electron chi connectivity index (χ3n) is 3.12. The maximum absolute atomic E-state index is 5.35. The number of likely N-dealkylation sites (N-methyl/N-ethyl adjacent to an activating group) is 1. The van der Waals surface area contributed by atoms with Gasteiger partial charge in [-0.05, 0) is 45.8 Å². The Hall–Kier alpha value is -1.72. The molecule has 1 heterocycles. The normalized spacial score (nSPS) is 12.8. The van der Waals surface area contributed by atoms with Crippen LogP contribution in [0, 0.1) is 0 Å². The summed E-state index contributed by atoms with van der Waals surface area (Å²) in [7, 11) is 6.03. The van der Waals surface area contributed by atoms with Crippen LogP contribution < -0.4 is 5.32 Å². The first kappa shape index (κ1) is 14.7. The fraction of sp³-hybridized carbons (Fsp3) is 0.467. The molecule has 2 aromatic rings. The second kappa shape index (κ2) is 6.63. The summed E-state index contributed by atoms with van der Waals surface area (Å²) >= 11 is 0. The maximum Gasteiger partial charge on any atom is 0.257 e. The van der Waals surface area contributed by atoms with E-state index in [1.165, 1.54) is 5.56 Å². The summed E-state index contributed by atoms with van der Waals surface area (Å²) in [6.07, 6.45) is 0.761. The van der Waals surface area contributed by atoms with Crippen LogP contribution in [0.5, 0.6) is 0 Å². The number of nitrogens with one attached hydrogen (secondary N) is 1. The summed E-state index contributed by atoms with van der Waals surface area (Å²) in [5, 5.41) is 7.20. The first-order valence-corrected chi connectivity index (χ1v) is 6.82. The zero-order valence-corrected chi connectivity index (χ0v) is 12.6. The summed E-state index contributed by atoms with van der Waals surface area (Å²) in [5.41, 5.74) is 2.20. The lowest BCUT2D eigenvalue weighted by atomic mass is 10.1. The summed E-state index contributed by atoms with van der Waals surface area (Å²) in [6, 6.07) is 8.55. The van der Waals surface area contributed by atoms with Crippen molar-refractivity contribution in [1.29, 1.82) is 0 Å². The molecule has 0 bridgehead atoms. The van der Waals surface area contributed by atoms with Gasteiger partial charge in [-0.3, -0.25) is 0 Å². The molecule has 1 N–H and O–H groups in total. The van der Waals surface area contributed by atoms with Crippen molar-refractivity contribution < 1.29 is 4.52 Å². The molecule has 5 heteroatoms. The number of rotatable bonds is 6. The Morgan fingerprint density at radius 2 is 2.15 bits per heavy atom. The van der Waals surface area contributed by atoms with Gasteiger partial charge in [0.05, 0.1) is 0 Å². The van der Waals surface area contributed by atoms with Crippen molar-refractivity contribution in [3.63, 3.8) is 0 Å². The molecule has 0 radical (unpaired) electrons. The molecular weight excluding hydrogens is 252 g/mol. The molecule has 0 spiro atoms. The summed E-state index contributed by atoms with van der Waals surface area (Å²) < 4.78 is 5.35. The van der Waals surface area contributed by atoms with Gasteiger partial charge in [-0.1, -0.05) is 17.3 Å². The highest BCUT2D eigenvalue weighted by Crippen LogP contribution is 2.19. The van der Waals surface area contributed by atoms with E-state index in [1.807, 2.05) is 19.2 Å². The van der Waals surface area contributed by atoms with Crippen LogP contribution in [-0.2, 0) is 13.0 Å². The SMILES string of the molecule is CNC(C)Cc1noc(-c2cccc(CN(C)C)c2)n1. The molecule has 1 atom stereocenters. The average molecular weight is 274 g/mol. The number of hydrogen-bond acceptors (Lipinski definition) is 5. The minimum absolute atomic E-state index is 0.334. The monoisotopic (exact) mass is 274 g/mol. The fourth-order valence-electron chi connectivity index (χ4n) is 2.00. The zero-order valence-electron chi connectivity index (χ0n) is 12.6. The molecule has 0 aliphatic carbocycles. The second-order valence-electron chi connectivity index (χ2n) is 5.35. The largest absolute Gasteiger partial charge is 0.334 e. The number of nitrogens with zero attached hydrogens (tertiary/aromatic N) is 3. The predicted molar refractivity (Wildman–Crippen MR) is 79.4 cm³/mol. The third-order valence-corrected chi connectivity index (χ3v) is 3.12. The zero-order chi connectivity index (χ0) is 14.5. The first-order valence-electron chi connectivity index (χ1n) is 6.82. The standard InChI is InChI=1S/C15H22N4O/c1-11(16-2)8-14-17-15(20-18-14)13-7-5-6-12(9-13)10-19(3)4/h5-7,9,11,16H,8,10H2,1-4H3. The molecule has 0 amide bonds. The number of hydrogen-bond donors (Lipinski definition) is 1. The summed E-state index contributed by atoms with van der Waals surface area (Å²) in [4.78, 5) is 6.59. The molecule has 1 aromatic heterocycles. The Balaban J connectivity index is 2.15. The van der Waals surface area contributed by atoms with Gasteiger partial charge in [-0.25, -0.2) is 0 Å². The van der Waals surface area contributed by atoms with Crippen LogP contribution in [0.3, 0.4) is 0 Å². The Morgan fingerprint density at radius 1 is 1.35 bits per heavy atom. The van der Waals surface area contributed by atoms with Gasteiger partial charge in [0.1, 0.15) is 0 Å². The quantitative estimate of drug-likeness (QED) is 0.872. The number of benzene rings is 1. The van der Waals surface area contributed by atoms with E-state index in [0.717, 1.165) is 24.4 Å². The molecule has 1 aromatic carbocycles.